The van der Waals surface area contributed by atoms with Gasteiger partial charge in [-0.05, 0) is 57.1 Å². The van der Waals surface area contributed by atoms with Crippen LogP contribution < -0.4 is 10.2 Å². The van der Waals surface area contributed by atoms with Crippen molar-refractivity contribution >= 4 is 29.8 Å². The van der Waals surface area contributed by atoms with E-state index in [4.69, 9.17) is 9.72 Å². The van der Waals surface area contributed by atoms with Gasteiger partial charge in [-0.25, -0.2) is 4.98 Å². The third-order valence-corrected chi connectivity index (χ3v) is 7.42. The molecule has 1 unspecified atom stereocenters. The summed E-state index contributed by atoms with van der Waals surface area (Å²) in [6.07, 6.45) is 7.81. The number of carbonyl (C=O) groups is 4. The van der Waals surface area contributed by atoms with E-state index < -0.39 is 11.9 Å². The Balaban J connectivity index is 1.17. The fraction of sp³-hybridized carbons (Fsp3) is 0.625. The quantitative estimate of drug-likeness (QED) is 0.532. The lowest BCUT2D eigenvalue weighted by atomic mass is 9.88. The summed E-state index contributed by atoms with van der Waals surface area (Å²) in [7, 11) is 0. The van der Waals surface area contributed by atoms with Crippen LogP contribution in [0.25, 0.3) is 0 Å². The highest BCUT2D eigenvalue weighted by Crippen LogP contribution is 2.31. The van der Waals surface area contributed by atoms with Gasteiger partial charge in [0, 0.05) is 25.4 Å². The summed E-state index contributed by atoms with van der Waals surface area (Å²) in [6, 6.07) is 3.06. The van der Waals surface area contributed by atoms with Crippen molar-refractivity contribution in [3.05, 3.63) is 23.4 Å². The van der Waals surface area contributed by atoms with Crippen molar-refractivity contribution in [1.29, 1.82) is 0 Å². The normalized spacial score (nSPS) is 28.6. The number of hydrogen-bond donors (Lipinski definition) is 1. The van der Waals surface area contributed by atoms with Gasteiger partial charge < -0.3 is 19.3 Å². The predicted octanol–water partition coefficient (Wildman–Crippen LogP) is 1.59. The molecule has 3 aliphatic heterocycles. The highest BCUT2D eigenvalue weighted by atomic mass is 16.5. The number of carbonyl (C=O) groups excluding carboxylic acids is 4. The van der Waals surface area contributed by atoms with Gasteiger partial charge in [0.2, 0.25) is 11.8 Å². The molecule has 5 rings (SSSR count). The van der Waals surface area contributed by atoms with Crippen molar-refractivity contribution < 1.29 is 23.9 Å². The molecule has 4 heterocycles. The first-order valence-electron chi connectivity index (χ1n) is 12.0. The lowest BCUT2D eigenvalue weighted by molar-refractivity contribution is -0.137. The predicted molar refractivity (Wildman–Crippen MR) is 118 cm³/mol. The van der Waals surface area contributed by atoms with Gasteiger partial charge in [0.15, 0.2) is 0 Å². The Hall–Kier alpha value is -2.81. The number of ether oxygens (including phenoxy) is 1. The van der Waals surface area contributed by atoms with E-state index in [0.29, 0.717) is 17.7 Å². The average Bonchev–Trinajstić information content (AvgIpc) is 3.15. The zero-order valence-corrected chi connectivity index (χ0v) is 18.7. The number of anilines is 1. The maximum atomic E-state index is 12.9. The van der Waals surface area contributed by atoms with Crippen molar-refractivity contribution in [2.75, 3.05) is 18.0 Å². The molecule has 3 fully saturated rings. The van der Waals surface area contributed by atoms with E-state index in [2.05, 4.69) is 10.2 Å². The fourth-order valence-corrected chi connectivity index (χ4v) is 5.45. The van der Waals surface area contributed by atoms with Crippen LogP contribution in [-0.4, -0.2) is 65.2 Å². The van der Waals surface area contributed by atoms with Crippen LogP contribution in [0.3, 0.4) is 0 Å². The minimum atomic E-state index is -0.623. The standard InChI is InChI=1S/C24H30N4O5/c29-14-15-1-3-16(4-2-15)33-17-9-11-27(12-10-17)21-7-5-18-19(25-21)13-28(24(18)32)20-6-8-22(30)26-23(20)31/h5,7,14-17,20H,1-4,6,8-13H2,(H,26,30,31). The minimum Gasteiger partial charge on any atom is -0.375 e. The summed E-state index contributed by atoms with van der Waals surface area (Å²) < 4.78 is 6.32. The molecule has 3 amide bonds. The monoisotopic (exact) mass is 454 g/mol. The van der Waals surface area contributed by atoms with Crippen LogP contribution in [0.1, 0.15) is 67.4 Å². The third-order valence-electron chi connectivity index (χ3n) is 7.42. The maximum absolute atomic E-state index is 12.9. The van der Waals surface area contributed by atoms with E-state index >= 15 is 0 Å². The number of nitrogens with zero attached hydrogens (tertiary/aromatic N) is 3. The Morgan fingerprint density at radius 2 is 1.70 bits per heavy atom. The molecule has 0 aromatic carbocycles. The first-order valence-corrected chi connectivity index (χ1v) is 12.0. The van der Waals surface area contributed by atoms with Crippen LogP contribution in [0.5, 0.6) is 0 Å². The number of aldehydes is 1. The Bertz CT molecular complexity index is 950. The molecular weight excluding hydrogens is 424 g/mol. The van der Waals surface area contributed by atoms with Crippen LogP contribution in [0.4, 0.5) is 5.82 Å². The Morgan fingerprint density at radius 1 is 0.970 bits per heavy atom. The van der Waals surface area contributed by atoms with E-state index in [1.54, 1.807) is 6.07 Å². The molecule has 33 heavy (non-hydrogen) atoms. The molecule has 1 saturated carbocycles. The Labute approximate surface area is 192 Å². The maximum Gasteiger partial charge on any atom is 0.256 e. The highest BCUT2D eigenvalue weighted by Gasteiger charge is 2.40. The van der Waals surface area contributed by atoms with Gasteiger partial charge in [-0.3, -0.25) is 19.7 Å². The second kappa shape index (κ2) is 9.21. The van der Waals surface area contributed by atoms with E-state index in [-0.39, 0.29) is 42.9 Å². The van der Waals surface area contributed by atoms with Crippen molar-refractivity contribution in [2.45, 2.75) is 76.2 Å². The van der Waals surface area contributed by atoms with Crippen LogP contribution in [-0.2, 0) is 25.7 Å². The number of aromatic nitrogens is 1. The third kappa shape index (κ3) is 4.51. The topological polar surface area (TPSA) is 109 Å². The smallest absolute Gasteiger partial charge is 0.256 e. The molecule has 9 nitrogen and oxygen atoms in total. The first kappa shape index (κ1) is 22.0. The van der Waals surface area contributed by atoms with Gasteiger partial charge in [0.25, 0.3) is 5.91 Å². The fourth-order valence-electron chi connectivity index (χ4n) is 5.45. The molecule has 1 aromatic rings. The van der Waals surface area contributed by atoms with Gasteiger partial charge in [-0.15, -0.1) is 0 Å². The molecular formula is C24H30N4O5. The molecule has 0 bridgehead atoms. The molecule has 0 radical (unpaired) electrons. The van der Waals surface area contributed by atoms with Gasteiger partial charge in [0.05, 0.1) is 30.0 Å². The largest absolute Gasteiger partial charge is 0.375 e. The number of hydrogen-bond acceptors (Lipinski definition) is 7. The SMILES string of the molecule is O=CC1CCC(OC2CCN(c3ccc4c(n3)CN(C3CCC(=O)NC3=O)C4=O)CC2)CC1. The van der Waals surface area contributed by atoms with Crippen LogP contribution in [0, 0.1) is 5.92 Å². The van der Waals surface area contributed by atoms with Gasteiger partial charge in [-0.2, -0.15) is 0 Å². The zero-order chi connectivity index (χ0) is 22.9. The molecule has 1 atom stereocenters. The van der Waals surface area contributed by atoms with Crippen LogP contribution in [0.15, 0.2) is 12.1 Å². The lowest BCUT2D eigenvalue weighted by Crippen LogP contribution is -2.52. The molecule has 176 valence electrons. The molecule has 9 heteroatoms. The van der Waals surface area contributed by atoms with Crippen molar-refractivity contribution in [2.24, 2.45) is 5.92 Å². The summed E-state index contributed by atoms with van der Waals surface area (Å²) in [5, 5.41) is 2.33. The number of rotatable bonds is 5. The van der Waals surface area contributed by atoms with Crippen LogP contribution >= 0.6 is 0 Å². The average molecular weight is 455 g/mol. The van der Waals surface area contributed by atoms with Crippen molar-refractivity contribution in [1.82, 2.24) is 15.2 Å². The van der Waals surface area contributed by atoms with Crippen LogP contribution in [0.2, 0.25) is 0 Å². The van der Waals surface area contributed by atoms with Gasteiger partial charge >= 0.3 is 0 Å². The molecule has 0 spiro atoms. The van der Waals surface area contributed by atoms with E-state index in [1.807, 2.05) is 6.07 Å². The molecule has 1 aromatic heterocycles. The van der Waals surface area contributed by atoms with Crippen molar-refractivity contribution in [3.63, 3.8) is 0 Å². The van der Waals surface area contributed by atoms with Crippen molar-refractivity contribution in [3.8, 4) is 0 Å². The van der Waals surface area contributed by atoms with Gasteiger partial charge in [0.1, 0.15) is 18.1 Å². The molecule has 1 aliphatic carbocycles. The lowest BCUT2D eigenvalue weighted by Gasteiger charge is -2.36. The number of imide groups is 1. The van der Waals surface area contributed by atoms with E-state index in [0.717, 1.165) is 63.7 Å². The first-order chi connectivity index (χ1) is 16.0. The Kier molecular flexibility index (Phi) is 6.14. The number of amides is 3. The second-order valence-electron chi connectivity index (χ2n) is 9.56. The number of pyridine rings is 1. The molecule has 2 saturated heterocycles. The number of fused-ring (bicyclic) bond motifs is 1. The highest BCUT2D eigenvalue weighted by molar-refractivity contribution is 6.05. The summed E-state index contributed by atoms with van der Waals surface area (Å²) >= 11 is 0. The number of nitrogens with one attached hydrogen (secondary N) is 1. The van der Waals surface area contributed by atoms with E-state index in [1.165, 1.54) is 4.90 Å². The summed E-state index contributed by atoms with van der Waals surface area (Å²) in [5.74, 6) is 0.151. The van der Waals surface area contributed by atoms with Gasteiger partial charge in [-0.1, -0.05) is 0 Å². The number of piperidine rings is 2. The molecule has 4 aliphatic rings. The Morgan fingerprint density at radius 3 is 2.39 bits per heavy atom. The summed E-state index contributed by atoms with van der Waals surface area (Å²) in [5.41, 5.74) is 1.22. The second-order valence-corrected chi connectivity index (χ2v) is 9.56. The summed E-state index contributed by atoms with van der Waals surface area (Å²) in [6.45, 7) is 1.97. The molecule has 1 N–H and O–H groups in total. The summed E-state index contributed by atoms with van der Waals surface area (Å²) in [4.78, 5) is 56.0. The van der Waals surface area contributed by atoms with E-state index in [9.17, 15) is 19.2 Å². The minimum absolute atomic E-state index is 0.199. The zero-order valence-electron chi connectivity index (χ0n) is 18.7.